The zero-order valence-electron chi connectivity index (χ0n) is 29.4. The molecule has 0 saturated carbocycles. The van der Waals surface area contributed by atoms with Crippen LogP contribution < -0.4 is 0 Å². The normalized spacial score (nSPS) is 11.4. The Morgan fingerprint density at radius 2 is 0.926 bits per heavy atom. The molecular weight excluding hydrogens is 659 g/mol. The van der Waals surface area contributed by atoms with Crippen molar-refractivity contribution < 1.29 is 4.42 Å². The van der Waals surface area contributed by atoms with Crippen molar-refractivity contribution in [3.05, 3.63) is 199 Å². The highest BCUT2D eigenvalue weighted by Crippen LogP contribution is 2.36. The lowest BCUT2D eigenvalue weighted by Gasteiger charge is -2.10. The molecule has 4 nitrogen and oxygen atoms in total. The predicted octanol–water partition coefficient (Wildman–Crippen LogP) is 12.8. The summed E-state index contributed by atoms with van der Waals surface area (Å²) < 4.78 is 6.41. The van der Waals surface area contributed by atoms with Crippen LogP contribution in [0, 0.1) is 0 Å². The van der Waals surface area contributed by atoms with Gasteiger partial charge in [-0.3, -0.25) is 0 Å². The highest BCUT2D eigenvalue weighted by molar-refractivity contribution is 6.08. The number of rotatable bonds is 7. The molecule has 54 heavy (non-hydrogen) atoms. The van der Waals surface area contributed by atoms with E-state index in [0.29, 0.717) is 23.9 Å². The molecule has 10 aromatic rings. The molecule has 0 unspecified atom stereocenters. The van der Waals surface area contributed by atoms with E-state index in [0.717, 1.165) is 55.3 Å². The summed E-state index contributed by atoms with van der Waals surface area (Å²) in [6, 6.07) is 65.6. The summed E-state index contributed by atoms with van der Waals surface area (Å²) in [4.78, 5) is 15.1. The average molecular weight is 692 g/mol. The van der Waals surface area contributed by atoms with Crippen LogP contribution in [0.25, 0.3) is 88.9 Å². The summed E-state index contributed by atoms with van der Waals surface area (Å²) in [5, 5.41) is 4.61. The van der Waals surface area contributed by atoms with E-state index in [4.69, 9.17) is 19.4 Å². The van der Waals surface area contributed by atoms with Crippen LogP contribution in [0.3, 0.4) is 0 Å². The van der Waals surface area contributed by atoms with E-state index in [-0.39, 0.29) is 0 Å². The molecule has 0 spiro atoms. The van der Waals surface area contributed by atoms with Crippen molar-refractivity contribution in [3.63, 3.8) is 0 Å². The van der Waals surface area contributed by atoms with Crippen molar-refractivity contribution in [2.75, 3.05) is 0 Å². The monoisotopic (exact) mass is 691 g/mol. The average Bonchev–Trinajstić information content (AvgIpc) is 3.63. The van der Waals surface area contributed by atoms with Crippen LogP contribution in [0.15, 0.2) is 192 Å². The van der Waals surface area contributed by atoms with Crippen LogP contribution in [-0.4, -0.2) is 15.0 Å². The van der Waals surface area contributed by atoms with Crippen LogP contribution in [0.1, 0.15) is 11.4 Å². The van der Waals surface area contributed by atoms with Crippen LogP contribution >= 0.6 is 0 Å². The Labute approximate surface area is 313 Å². The molecule has 0 saturated heterocycles. The highest BCUT2D eigenvalue weighted by atomic mass is 16.3. The molecule has 0 aliphatic carbocycles. The third-order valence-corrected chi connectivity index (χ3v) is 10.2. The maximum absolute atomic E-state index is 6.41. The van der Waals surface area contributed by atoms with Crippen molar-refractivity contribution in [2.45, 2.75) is 6.42 Å². The van der Waals surface area contributed by atoms with E-state index in [1.54, 1.807) is 0 Å². The van der Waals surface area contributed by atoms with Crippen molar-refractivity contribution in [1.82, 2.24) is 15.0 Å². The molecule has 8 aromatic carbocycles. The largest absolute Gasteiger partial charge is 0.456 e. The number of fused-ring (bicyclic) bond motifs is 4. The lowest BCUT2D eigenvalue weighted by atomic mass is 9.97. The van der Waals surface area contributed by atoms with Crippen molar-refractivity contribution >= 4 is 32.7 Å². The Bertz CT molecular complexity index is 2930. The third kappa shape index (κ3) is 5.90. The summed E-state index contributed by atoms with van der Waals surface area (Å²) in [6.45, 7) is 0. The van der Waals surface area contributed by atoms with Gasteiger partial charge in [0.1, 0.15) is 17.0 Å². The smallest absolute Gasteiger partial charge is 0.163 e. The van der Waals surface area contributed by atoms with Gasteiger partial charge in [-0.2, -0.15) is 0 Å². The van der Waals surface area contributed by atoms with Gasteiger partial charge in [-0.1, -0.05) is 170 Å². The highest BCUT2D eigenvalue weighted by Gasteiger charge is 2.17. The summed E-state index contributed by atoms with van der Waals surface area (Å²) in [5.74, 6) is 2.00. The second-order valence-corrected chi connectivity index (χ2v) is 13.6. The third-order valence-electron chi connectivity index (χ3n) is 10.2. The van der Waals surface area contributed by atoms with E-state index in [9.17, 15) is 0 Å². The van der Waals surface area contributed by atoms with Gasteiger partial charge in [0.05, 0.1) is 0 Å². The zero-order valence-corrected chi connectivity index (χ0v) is 29.4. The first kappa shape index (κ1) is 31.6. The minimum atomic E-state index is 0.519. The Balaban J connectivity index is 1.03. The minimum Gasteiger partial charge on any atom is -0.456 e. The van der Waals surface area contributed by atoms with E-state index in [2.05, 4.69) is 146 Å². The number of hydrogen-bond donors (Lipinski definition) is 0. The minimum absolute atomic E-state index is 0.519. The zero-order chi connectivity index (χ0) is 35.8. The van der Waals surface area contributed by atoms with Gasteiger partial charge in [-0.25, -0.2) is 15.0 Å². The number of furan rings is 1. The summed E-state index contributed by atoms with van der Waals surface area (Å²) in [7, 11) is 0. The lowest BCUT2D eigenvalue weighted by Crippen LogP contribution is -2.04. The van der Waals surface area contributed by atoms with Gasteiger partial charge in [0.25, 0.3) is 0 Å². The molecule has 0 radical (unpaired) electrons. The van der Waals surface area contributed by atoms with E-state index in [1.165, 1.54) is 27.5 Å². The van der Waals surface area contributed by atoms with E-state index in [1.807, 2.05) is 42.5 Å². The van der Waals surface area contributed by atoms with Gasteiger partial charge in [0.2, 0.25) is 0 Å². The van der Waals surface area contributed by atoms with Gasteiger partial charge >= 0.3 is 0 Å². The van der Waals surface area contributed by atoms with Gasteiger partial charge in [-0.05, 0) is 67.9 Å². The SMILES string of the molecule is c1ccc(-c2ccc(-c3ccc4oc5cccc(Cc6nc(-c7ccccc7)nc(-c7ccc(-c8cccc9ccccc89)cc7)n6)c5c4c3)cc2)cc1. The predicted molar refractivity (Wildman–Crippen MR) is 221 cm³/mol. The van der Waals surface area contributed by atoms with Crippen LogP contribution in [0.5, 0.6) is 0 Å². The Morgan fingerprint density at radius 3 is 1.69 bits per heavy atom. The fourth-order valence-corrected chi connectivity index (χ4v) is 7.50. The lowest BCUT2D eigenvalue weighted by molar-refractivity contribution is 0.668. The molecular formula is C50H33N3O. The number of hydrogen-bond acceptors (Lipinski definition) is 4. The molecule has 0 aliphatic heterocycles. The molecule has 0 N–H and O–H groups in total. The second-order valence-electron chi connectivity index (χ2n) is 13.6. The van der Waals surface area contributed by atoms with Gasteiger partial charge < -0.3 is 4.42 Å². The quantitative estimate of drug-likeness (QED) is 0.167. The van der Waals surface area contributed by atoms with Gasteiger partial charge in [-0.15, -0.1) is 0 Å². The van der Waals surface area contributed by atoms with Gasteiger partial charge in [0.15, 0.2) is 11.6 Å². The molecule has 0 fully saturated rings. The summed E-state index contributed by atoms with van der Waals surface area (Å²) >= 11 is 0. The van der Waals surface area contributed by atoms with Crippen LogP contribution in [-0.2, 0) is 6.42 Å². The maximum atomic E-state index is 6.41. The summed E-state index contributed by atoms with van der Waals surface area (Å²) in [5.41, 5.74) is 11.8. The molecule has 2 aromatic heterocycles. The number of nitrogens with zero attached hydrogens (tertiary/aromatic N) is 3. The Hall–Kier alpha value is -7.17. The molecule has 0 aliphatic rings. The molecule has 0 amide bonds. The molecule has 254 valence electrons. The van der Waals surface area contributed by atoms with Crippen LogP contribution in [0.4, 0.5) is 0 Å². The van der Waals surface area contributed by atoms with Crippen molar-refractivity contribution in [2.24, 2.45) is 0 Å². The first-order chi connectivity index (χ1) is 26.7. The Morgan fingerprint density at radius 1 is 0.370 bits per heavy atom. The molecule has 0 atom stereocenters. The van der Waals surface area contributed by atoms with E-state index >= 15 is 0 Å². The van der Waals surface area contributed by atoms with E-state index < -0.39 is 0 Å². The maximum Gasteiger partial charge on any atom is 0.163 e. The van der Waals surface area contributed by atoms with Crippen molar-refractivity contribution in [3.8, 4) is 56.2 Å². The molecule has 4 heteroatoms. The Kier molecular flexibility index (Phi) is 7.85. The molecule has 10 rings (SSSR count). The fourth-order valence-electron chi connectivity index (χ4n) is 7.50. The topological polar surface area (TPSA) is 51.8 Å². The molecule has 0 bridgehead atoms. The first-order valence-corrected chi connectivity index (χ1v) is 18.2. The second kappa shape index (κ2) is 13.4. The van der Waals surface area contributed by atoms with Gasteiger partial charge in [0, 0.05) is 28.3 Å². The van der Waals surface area contributed by atoms with Crippen molar-refractivity contribution in [1.29, 1.82) is 0 Å². The number of benzene rings is 8. The number of aromatic nitrogens is 3. The van der Waals surface area contributed by atoms with Crippen LogP contribution in [0.2, 0.25) is 0 Å². The fraction of sp³-hybridized carbons (Fsp3) is 0.0200. The summed E-state index contributed by atoms with van der Waals surface area (Å²) in [6.07, 6.45) is 0.519. The molecule has 2 heterocycles. The standard InChI is InChI=1S/C50H33N3O/c1-3-11-33(12-4-1)34-21-23-35(24-22-34)40-29-30-45-44(31-40)48-41(17-10-20-46(48)54-45)32-47-51-49(38-14-5-2-6-15-38)53-50(52-47)39-27-25-37(26-28-39)43-19-9-16-36-13-7-8-18-42(36)43/h1-31H,32H2. The first-order valence-electron chi connectivity index (χ1n) is 18.2.